The van der Waals surface area contributed by atoms with Gasteiger partial charge in [0.2, 0.25) is 5.91 Å². The number of rotatable bonds is 8. The van der Waals surface area contributed by atoms with Crippen LogP contribution in [0.4, 0.5) is 0 Å². The van der Waals surface area contributed by atoms with Crippen molar-refractivity contribution < 1.29 is 17.9 Å². The molecule has 1 aromatic rings. The molecular formula is C14H23ClN2O4S. The molecule has 6 nitrogen and oxygen atoms in total. The van der Waals surface area contributed by atoms with Crippen LogP contribution in [0.5, 0.6) is 5.75 Å². The summed E-state index contributed by atoms with van der Waals surface area (Å²) in [6, 6.07) is 6.12. The Morgan fingerprint density at radius 2 is 1.91 bits per heavy atom. The fraction of sp³-hybridized carbons (Fsp3) is 0.500. The highest BCUT2D eigenvalue weighted by atomic mass is 35.5. The van der Waals surface area contributed by atoms with E-state index in [0.29, 0.717) is 25.3 Å². The van der Waals surface area contributed by atoms with Crippen molar-refractivity contribution in [3.05, 3.63) is 24.3 Å². The van der Waals surface area contributed by atoms with E-state index < -0.39 is 15.8 Å². The zero-order valence-electron chi connectivity index (χ0n) is 12.7. The van der Waals surface area contributed by atoms with E-state index in [4.69, 9.17) is 10.5 Å². The summed E-state index contributed by atoms with van der Waals surface area (Å²) in [5.74, 6) is -0.537. The smallest absolute Gasteiger partial charge is 0.223 e. The lowest BCUT2D eigenvalue weighted by Crippen LogP contribution is -2.34. The van der Waals surface area contributed by atoms with Crippen molar-refractivity contribution in [1.82, 2.24) is 5.32 Å². The average molecular weight is 351 g/mol. The van der Waals surface area contributed by atoms with Crippen molar-refractivity contribution in [3.63, 3.8) is 0 Å². The molecule has 0 saturated carbocycles. The van der Waals surface area contributed by atoms with Crippen molar-refractivity contribution >= 4 is 28.2 Å². The molecule has 1 atom stereocenters. The third-order valence-corrected chi connectivity index (χ3v) is 4.94. The molecule has 0 aliphatic heterocycles. The second-order valence-corrected chi connectivity index (χ2v) is 6.83. The van der Waals surface area contributed by atoms with E-state index in [0.717, 1.165) is 0 Å². The molecule has 0 aromatic heterocycles. The zero-order valence-corrected chi connectivity index (χ0v) is 14.4. The molecule has 0 radical (unpaired) electrons. The van der Waals surface area contributed by atoms with Crippen LogP contribution in [-0.4, -0.2) is 40.3 Å². The number of nitrogens with one attached hydrogen (secondary N) is 1. The highest BCUT2D eigenvalue weighted by molar-refractivity contribution is 7.91. The number of nitrogens with two attached hydrogens (primary N) is 1. The first-order valence-corrected chi connectivity index (χ1v) is 8.40. The minimum atomic E-state index is -3.50. The van der Waals surface area contributed by atoms with Crippen molar-refractivity contribution in [2.45, 2.75) is 18.2 Å². The second kappa shape index (κ2) is 9.66. The summed E-state index contributed by atoms with van der Waals surface area (Å²) >= 11 is 0. The summed E-state index contributed by atoms with van der Waals surface area (Å²) in [6.07, 6.45) is 0.670. The maximum absolute atomic E-state index is 12.2. The van der Waals surface area contributed by atoms with Gasteiger partial charge in [0.1, 0.15) is 5.75 Å². The number of amides is 1. The molecule has 0 saturated heterocycles. The van der Waals surface area contributed by atoms with Gasteiger partial charge in [-0.25, -0.2) is 8.42 Å². The molecule has 0 aliphatic carbocycles. The molecule has 8 heteroatoms. The van der Waals surface area contributed by atoms with E-state index in [2.05, 4.69) is 5.32 Å². The van der Waals surface area contributed by atoms with E-state index in [1.807, 2.05) is 0 Å². The number of hydrogen-bond acceptors (Lipinski definition) is 5. The molecule has 1 aromatic carbocycles. The summed E-state index contributed by atoms with van der Waals surface area (Å²) < 4.78 is 29.5. The lowest BCUT2D eigenvalue weighted by Gasteiger charge is -2.12. The van der Waals surface area contributed by atoms with Gasteiger partial charge in [-0.3, -0.25) is 4.79 Å². The molecule has 22 heavy (non-hydrogen) atoms. The van der Waals surface area contributed by atoms with Gasteiger partial charge < -0.3 is 15.8 Å². The van der Waals surface area contributed by atoms with Gasteiger partial charge in [-0.05, 0) is 37.2 Å². The fourth-order valence-electron chi connectivity index (χ4n) is 1.77. The first kappa shape index (κ1) is 20.7. The molecule has 0 bridgehead atoms. The number of sulfone groups is 1. The number of halogens is 1. The molecule has 1 amide bonds. The number of benzene rings is 1. The molecule has 0 spiro atoms. The molecule has 0 aliphatic rings. The lowest BCUT2D eigenvalue weighted by molar-refractivity contribution is -0.123. The van der Waals surface area contributed by atoms with Crippen LogP contribution >= 0.6 is 12.4 Å². The third kappa shape index (κ3) is 6.21. The van der Waals surface area contributed by atoms with Crippen LogP contribution in [0.2, 0.25) is 0 Å². The Labute approximate surface area is 137 Å². The summed E-state index contributed by atoms with van der Waals surface area (Å²) in [5.41, 5.74) is 5.33. The first-order chi connectivity index (χ1) is 9.90. The van der Waals surface area contributed by atoms with E-state index in [-0.39, 0.29) is 29.0 Å². The second-order valence-electron chi connectivity index (χ2n) is 4.79. The van der Waals surface area contributed by atoms with E-state index in [1.54, 1.807) is 19.1 Å². The zero-order chi connectivity index (χ0) is 15.9. The molecule has 0 fully saturated rings. The summed E-state index contributed by atoms with van der Waals surface area (Å²) in [7, 11) is -1.99. The molecule has 3 N–H and O–H groups in total. The Morgan fingerprint density at radius 3 is 2.41 bits per heavy atom. The Balaban J connectivity index is 0.00000441. The van der Waals surface area contributed by atoms with Crippen molar-refractivity contribution in [2.75, 3.05) is 26.0 Å². The van der Waals surface area contributed by atoms with E-state index in [1.165, 1.54) is 19.2 Å². The van der Waals surface area contributed by atoms with Crippen LogP contribution in [0.15, 0.2) is 29.2 Å². The van der Waals surface area contributed by atoms with Gasteiger partial charge >= 0.3 is 0 Å². The molecule has 1 unspecified atom stereocenters. The first-order valence-electron chi connectivity index (χ1n) is 6.75. The third-order valence-electron chi connectivity index (χ3n) is 3.02. The van der Waals surface area contributed by atoms with Crippen LogP contribution in [0.3, 0.4) is 0 Å². The summed E-state index contributed by atoms with van der Waals surface area (Å²) in [5, 5.41) is 2.67. The highest BCUT2D eigenvalue weighted by Gasteiger charge is 2.23. The van der Waals surface area contributed by atoms with Crippen LogP contribution in [0, 0.1) is 5.92 Å². The maximum Gasteiger partial charge on any atom is 0.223 e. The van der Waals surface area contributed by atoms with Gasteiger partial charge in [-0.15, -0.1) is 12.4 Å². The number of ether oxygens (including phenoxy) is 1. The Morgan fingerprint density at radius 1 is 1.32 bits per heavy atom. The predicted molar refractivity (Wildman–Crippen MR) is 88.1 cm³/mol. The van der Waals surface area contributed by atoms with Crippen LogP contribution < -0.4 is 15.8 Å². The minimum absolute atomic E-state index is 0. The molecule has 0 heterocycles. The van der Waals surface area contributed by atoms with Crippen LogP contribution in [-0.2, 0) is 14.6 Å². The standard InChI is InChI=1S/C14H22N2O4S.ClH/c1-11(14(17)16-9-3-8-15)10-21(18,19)13-6-4-12(20-2)5-7-13;/h4-7,11H,3,8-10,15H2,1-2H3,(H,16,17);1H. The van der Waals surface area contributed by atoms with Crippen molar-refractivity contribution in [3.8, 4) is 5.75 Å². The van der Waals surface area contributed by atoms with Crippen molar-refractivity contribution in [2.24, 2.45) is 11.7 Å². The van der Waals surface area contributed by atoms with Gasteiger partial charge in [0, 0.05) is 12.5 Å². The van der Waals surface area contributed by atoms with Gasteiger partial charge in [0.25, 0.3) is 0 Å². The Kier molecular flexibility index (Phi) is 9.08. The molecule has 126 valence electrons. The molecule has 1 rings (SSSR count). The summed E-state index contributed by atoms with van der Waals surface area (Å²) in [4.78, 5) is 12.0. The van der Waals surface area contributed by atoms with E-state index in [9.17, 15) is 13.2 Å². The quantitative estimate of drug-likeness (QED) is 0.681. The topological polar surface area (TPSA) is 98.5 Å². The largest absolute Gasteiger partial charge is 0.497 e. The number of carbonyl (C=O) groups is 1. The number of methoxy groups -OCH3 is 1. The van der Waals surface area contributed by atoms with Crippen molar-refractivity contribution in [1.29, 1.82) is 0 Å². The predicted octanol–water partition coefficient (Wildman–Crippen LogP) is 0.992. The minimum Gasteiger partial charge on any atom is -0.497 e. The summed E-state index contributed by atoms with van der Waals surface area (Å²) in [6.45, 7) is 2.54. The molecular weight excluding hydrogens is 328 g/mol. The fourth-order valence-corrected chi connectivity index (χ4v) is 3.32. The maximum atomic E-state index is 12.2. The Bertz CT molecular complexity index is 561. The number of carbonyl (C=O) groups excluding carboxylic acids is 1. The van der Waals surface area contributed by atoms with E-state index >= 15 is 0 Å². The van der Waals surface area contributed by atoms with Gasteiger partial charge in [0.15, 0.2) is 9.84 Å². The normalized spacial score (nSPS) is 12.1. The monoisotopic (exact) mass is 350 g/mol. The van der Waals surface area contributed by atoms with Crippen LogP contribution in [0.1, 0.15) is 13.3 Å². The highest BCUT2D eigenvalue weighted by Crippen LogP contribution is 2.18. The van der Waals surface area contributed by atoms with Crippen LogP contribution in [0.25, 0.3) is 0 Å². The van der Waals surface area contributed by atoms with Gasteiger partial charge in [-0.1, -0.05) is 6.92 Å². The van der Waals surface area contributed by atoms with Gasteiger partial charge in [0.05, 0.1) is 17.8 Å². The SMILES string of the molecule is COc1ccc(S(=O)(=O)CC(C)C(=O)NCCCN)cc1.Cl. The van der Waals surface area contributed by atoms with Gasteiger partial charge in [-0.2, -0.15) is 0 Å². The average Bonchev–Trinajstić information content (AvgIpc) is 2.47. The Hall–Kier alpha value is -1.31. The number of hydrogen-bond donors (Lipinski definition) is 2. The lowest BCUT2D eigenvalue weighted by atomic mass is 10.2.